The van der Waals surface area contributed by atoms with Crippen LogP contribution in [0.5, 0.6) is 5.75 Å². The summed E-state index contributed by atoms with van der Waals surface area (Å²) in [5.41, 5.74) is 7.70. The van der Waals surface area contributed by atoms with Crippen molar-refractivity contribution in [1.82, 2.24) is 9.38 Å². The van der Waals surface area contributed by atoms with Crippen molar-refractivity contribution in [2.24, 2.45) is 0 Å². The Balaban J connectivity index is 2.38. The van der Waals surface area contributed by atoms with E-state index in [4.69, 9.17) is 17.3 Å². The van der Waals surface area contributed by atoms with Gasteiger partial charge in [0.05, 0.1) is 11.3 Å². The van der Waals surface area contributed by atoms with E-state index in [0.717, 1.165) is 0 Å². The molecule has 1 aromatic carbocycles. The molecule has 3 N–H and O–H groups in total. The van der Waals surface area contributed by atoms with Crippen LogP contribution in [0.1, 0.15) is 0 Å². The van der Waals surface area contributed by atoms with Crippen LogP contribution >= 0.6 is 11.6 Å². The fourth-order valence-corrected chi connectivity index (χ4v) is 2.25. The van der Waals surface area contributed by atoms with Gasteiger partial charge in [0.2, 0.25) is 0 Å². The number of anilines is 1. The first-order chi connectivity index (χ1) is 8.68. The van der Waals surface area contributed by atoms with Gasteiger partial charge in [0.25, 0.3) is 0 Å². The Kier molecular flexibility index (Phi) is 2.38. The van der Waals surface area contributed by atoms with Crippen LogP contribution in [0.3, 0.4) is 0 Å². The number of rotatable bonds is 1. The molecule has 5 heteroatoms. The summed E-state index contributed by atoms with van der Waals surface area (Å²) in [7, 11) is 0. The van der Waals surface area contributed by atoms with Gasteiger partial charge >= 0.3 is 0 Å². The van der Waals surface area contributed by atoms with E-state index in [-0.39, 0.29) is 5.75 Å². The van der Waals surface area contributed by atoms with E-state index in [9.17, 15) is 5.11 Å². The lowest BCUT2D eigenvalue weighted by Crippen LogP contribution is -1.93. The molecule has 0 bridgehead atoms. The molecule has 0 aliphatic carbocycles. The lowest BCUT2D eigenvalue weighted by Gasteiger charge is -2.04. The molecule has 0 amide bonds. The summed E-state index contributed by atoms with van der Waals surface area (Å²) in [6.45, 7) is 0. The zero-order chi connectivity index (χ0) is 12.7. The van der Waals surface area contributed by atoms with Crippen molar-refractivity contribution in [3.63, 3.8) is 0 Å². The molecular weight excluding hydrogens is 250 g/mol. The van der Waals surface area contributed by atoms with Gasteiger partial charge in [0.1, 0.15) is 17.1 Å². The molecule has 0 aliphatic heterocycles. The number of nitrogen functional groups attached to an aromatic ring is 1. The summed E-state index contributed by atoms with van der Waals surface area (Å²) in [6, 6.07) is 10.5. The van der Waals surface area contributed by atoms with Crippen molar-refractivity contribution >= 4 is 22.8 Å². The van der Waals surface area contributed by atoms with Crippen molar-refractivity contribution in [2.45, 2.75) is 0 Å². The summed E-state index contributed by atoms with van der Waals surface area (Å²) in [5, 5.41) is 10.2. The monoisotopic (exact) mass is 259 g/mol. The molecule has 0 radical (unpaired) electrons. The molecule has 3 aromatic rings. The van der Waals surface area contributed by atoms with E-state index in [2.05, 4.69) is 4.98 Å². The molecule has 0 unspecified atom stereocenters. The van der Waals surface area contributed by atoms with Crippen molar-refractivity contribution < 1.29 is 5.11 Å². The molecule has 2 aromatic heterocycles. The molecule has 0 atom stereocenters. The topological polar surface area (TPSA) is 63.5 Å². The van der Waals surface area contributed by atoms with E-state index in [1.807, 2.05) is 18.3 Å². The molecular formula is C13H10ClN3O. The third-order valence-corrected chi connectivity index (χ3v) is 3.06. The first-order valence-corrected chi connectivity index (χ1v) is 5.76. The highest BCUT2D eigenvalue weighted by Crippen LogP contribution is 2.33. The summed E-state index contributed by atoms with van der Waals surface area (Å²) >= 11 is 6.09. The Labute approximate surface area is 108 Å². The molecule has 2 heterocycles. The molecule has 4 nitrogen and oxygen atoms in total. The van der Waals surface area contributed by atoms with Gasteiger partial charge in [0, 0.05) is 6.20 Å². The predicted molar refractivity (Wildman–Crippen MR) is 71.7 cm³/mol. The van der Waals surface area contributed by atoms with Crippen molar-refractivity contribution in [3.8, 4) is 17.1 Å². The Morgan fingerprint density at radius 2 is 1.94 bits per heavy atom. The summed E-state index contributed by atoms with van der Waals surface area (Å²) in [5.74, 6) is 0.726. The molecule has 0 saturated carbocycles. The number of phenolic OH excluding ortho intramolecular Hbond substituents is 1. The highest BCUT2D eigenvalue weighted by Gasteiger charge is 2.15. The molecule has 0 saturated heterocycles. The molecule has 3 rings (SSSR count). The fourth-order valence-electron chi connectivity index (χ4n) is 1.97. The van der Waals surface area contributed by atoms with Gasteiger partial charge in [-0.25, -0.2) is 4.98 Å². The summed E-state index contributed by atoms with van der Waals surface area (Å²) in [4.78, 5) is 4.27. The van der Waals surface area contributed by atoms with Crippen LogP contribution in [0, 0.1) is 0 Å². The number of aromatic hydroxyl groups is 1. The Hall–Kier alpha value is -2.20. The zero-order valence-electron chi connectivity index (χ0n) is 9.34. The minimum atomic E-state index is 0.156. The number of benzene rings is 1. The van der Waals surface area contributed by atoms with E-state index < -0.39 is 0 Å². The number of aromatic nitrogens is 2. The third kappa shape index (κ3) is 1.50. The average molecular weight is 260 g/mol. The van der Waals surface area contributed by atoms with E-state index >= 15 is 0 Å². The van der Waals surface area contributed by atoms with Crippen LogP contribution in [-0.2, 0) is 0 Å². The van der Waals surface area contributed by atoms with Gasteiger partial charge in [-0.2, -0.15) is 0 Å². The summed E-state index contributed by atoms with van der Waals surface area (Å²) < 4.78 is 1.77. The average Bonchev–Trinajstić information content (AvgIpc) is 2.69. The number of fused-ring (bicyclic) bond motifs is 1. The van der Waals surface area contributed by atoms with Gasteiger partial charge in [-0.15, -0.1) is 0 Å². The van der Waals surface area contributed by atoms with Crippen LogP contribution in [0.15, 0.2) is 42.6 Å². The van der Waals surface area contributed by atoms with Gasteiger partial charge < -0.3 is 10.8 Å². The maximum atomic E-state index is 9.87. The minimum absolute atomic E-state index is 0.156. The van der Waals surface area contributed by atoms with Crippen molar-refractivity contribution in [1.29, 1.82) is 0 Å². The van der Waals surface area contributed by atoms with E-state index in [0.29, 0.717) is 27.7 Å². The van der Waals surface area contributed by atoms with Gasteiger partial charge in [-0.05, 0) is 24.3 Å². The van der Waals surface area contributed by atoms with E-state index in [1.165, 1.54) is 0 Å². The number of hydrogen-bond acceptors (Lipinski definition) is 3. The minimum Gasteiger partial charge on any atom is -0.507 e. The number of nitrogens with two attached hydrogens (primary N) is 1. The normalized spacial score (nSPS) is 10.9. The lowest BCUT2D eigenvalue weighted by molar-refractivity contribution is 0.477. The smallest absolute Gasteiger partial charge is 0.157 e. The first-order valence-electron chi connectivity index (χ1n) is 5.39. The molecule has 18 heavy (non-hydrogen) atoms. The highest BCUT2D eigenvalue weighted by atomic mass is 35.5. The van der Waals surface area contributed by atoms with E-state index in [1.54, 1.807) is 28.7 Å². The number of phenols is 1. The van der Waals surface area contributed by atoms with Crippen LogP contribution in [0.25, 0.3) is 16.9 Å². The van der Waals surface area contributed by atoms with Crippen LogP contribution < -0.4 is 5.73 Å². The standard InChI is InChI=1S/C13H10ClN3O/c14-12-11-9(15)5-3-7-17(11)13(16-12)8-4-1-2-6-10(8)18/h1-7,18H,15H2. The van der Waals surface area contributed by atoms with Crippen molar-refractivity contribution in [2.75, 3.05) is 5.73 Å². The summed E-state index contributed by atoms with van der Waals surface area (Å²) in [6.07, 6.45) is 1.81. The van der Waals surface area contributed by atoms with Gasteiger partial charge in [0.15, 0.2) is 5.15 Å². The molecule has 0 aliphatic rings. The Morgan fingerprint density at radius 1 is 1.17 bits per heavy atom. The van der Waals surface area contributed by atoms with Gasteiger partial charge in [-0.3, -0.25) is 4.40 Å². The third-order valence-electron chi connectivity index (χ3n) is 2.80. The largest absolute Gasteiger partial charge is 0.507 e. The number of pyridine rings is 1. The molecule has 90 valence electrons. The number of hydrogen-bond donors (Lipinski definition) is 2. The highest BCUT2D eigenvalue weighted by molar-refractivity contribution is 6.33. The molecule has 0 fully saturated rings. The number of para-hydroxylation sites is 1. The number of nitrogens with zero attached hydrogens (tertiary/aromatic N) is 2. The number of halogens is 1. The predicted octanol–water partition coefficient (Wildman–Crippen LogP) is 2.94. The fraction of sp³-hybridized carbons (Fsp3) is 0. The van der Waals surface area contributed by atoms with Crippen LogP contribution in [0.4, 0.5) is 5.69 Å². The van der Waals surface area contributed by atoms with Gasteiger partial charge in [-0.1, -0.05) is 23.7 Å². The SMILES string of the molecule is Nc1cccn2c(-c3ccccc3O)nc(Cl)c12. The molecule has 0 spiro atoms. The Bertz CT molecular complexity index is 736. The first kappa shape index (κ1) is 10.9. The van der Waals surface area contributed by atoms with Crippen LogP contribution in [0.2, 0.25) is 5.15 Å². The quantitative estimate of drug-likeness (QED) is 0.706. The zero-order valence-corrected chi connectivity index (χ0v) is 10.1. The lowest BCUT2D eigenvalue weighted by atomic mass is 10.2. The maximum Gasteiger partial charge on any atom is 0.157 e. The maximum absolute atomic E-state index is 9.87. The van der Waals surface area contributed by atoms with Crippen molar-refractivity contribution in [3.05, 3.63) is 47.7 Å². The van der Waals surface area contributed by atoms with Crippen LogP contribution in [-0.4, -0.2) is 14.5 Å². The second kappa shape index (κ2) is 3.92. The Morgan fingerprint density at radius 3 is 2.72 bits per heavy atom. The second-order valence-corrected chi connectivity index (χ2v) is 4.28. The second-order valence-electron chi connectivity index (χ2n) is 3.93. The number of imidazole rings is 1.